The van der Waals surface area contributed by atoms with Gasteiger partial charge in [0.25, 0.3) is 0 Å². The standard InChI is InChI=1S/C7H11NO5/c1-7(4(8)9,5(10)12-2)6(11)13-3/h1-3H3,(H2,8,9). The van der Waals surface area contributed by atoms with Gasteiger partial charge >= 0.3 is 11.9 Å². The molecular formula is C7H11NO5. The van der Waals surface area contributed by atoms with Crippen molar-refractivity contribution in [2.45, 2.75) is 6.92 Å². The number of carbonyl (C=O) groups is 3. The Morgan fingerprint density at radius 1 is 1.08 bits per heavy atom. The lowest BCUT2D eigenvalue weighted by Crippen LogP contribution is -2.48. The molecule has 0 atom stereocenters. The maximum Gasteiger partial charge on any atom is 0.332 e. The molecular weight excluding hydrogens is 178 g/mol. The molecule has 0 saturated carbocycles. The van der Waals surface area contributed by atoms with Crippen LogP contribution in [0, 0.1) is 5.41 Å². The summed E-state index contributed by atoms with van der Waals surface area (Å²) in [6.45, 7) is 1.05. The molecule has 6 nitrogen and oxygen atoms in total. The number of primary amides is 1. The van der Waals surface area contributed by atoms with Gasteiger partial charge in [-0.25, -0.2) is 0 Å². The van der Waals surface area contributed by atoms with E-state index in [9.17, 15) is 14.4 Å². The molecule has 0 radical (unpaired) electrons. The van der Waals surface area contributed by atoms with Gasteiger partial charge in [0.2, 0.25) is 11.3 Å². The average Bonchev–Trinajstić information content (AvgIpc) is 2.13. The van der Waals surface area contributed by atoms with Crippen molar-refractivity contribution in [1.29, 1.82) is 0 Å². The molecule has 0 aromatic rings. The smallest absolute Gasteiger partial charge is 0.332 e. The first-order valence-corrected chi connectivity index (χ1v) is 3.38. The number of amides is 1. The first-order chi connectivity index (χ1) is 5.91. The van der Waals surface area contributed by atoms with Crippen molar-refractivity contribution in [2.24, 2.45) is 11.1 Å². The van der Waals surface area contributed by atoms with Crippen molar-refractivity contribution in [3.8, 4) is 0 Å². The molecule has 0 fully saturated rings. The van der Waals surface area contributed by atoms with Crippen molar-refractivity contribution < 1.29 is 23.9 Å². The van der Waals surface area contributed by atoms with Gasteiger partial charge in [0.15, 0.2) is 0 Å². The Balaban J connectivity index is 5.06. The van der Waals surface area contributed by atoms with Crippen molar-refractivity contribution in [3.63, 3.8) is 0 Å². The van der Waals surface area contributed by atoms with Crippen LogP contribution in [0.25, 0.3) is 0 Å². The van der Waals surface area contributed by atoms with E-state index >= 15 is 0 Å². The lowest BCUT2D eigenvalue weighted by Gasteiger charge is -2.19. The fourth-order valence-electron chi connectivity index (χ4n) is 0.693. The van der Waals surface area contributed by atoms with Crippen molar-refractivity contribution in [2.75, 3.05) is 14.2 Å². The van der Waals surface area contributed by atoms with E-state index < -0.39 is 23.3 Å². The SMILES string of the molecule is COC(=O)C(C)(C(N)=O)C(=O)OC. The van der Waals surface area contributed by atoms with Crippen molar-refractivity contribution in [3.05, 3.63) is 0 Å². The van der Waals surface area contributed by atoms with Gasteiger partial charge in [0.05, 0.1) is 14.2 Å². The molecule has 0 aromatic carbocycles. The van der Waals surface area contributed by atoms with Crippen LogP contribution in [0.2, 0.25) is 0 Å². The van der Waals surface area contributed by atoms with Gasteiger partial charge in [-0.05, 0) is 6.92 Å². The topological polar surface area (TPSA) is 95.7 Å². The van der Waals surface area contributed by atoms with Crippen molar-refractivity contribution in [1.82, 2.24) is 0 Å². The van der Waals surface area contributed by atoms with Gasteiger partial charge in [-0.15, -0.1) is 0 Å². The highest BCUT2D eigenvalue weighted by Crippen LogP contribution is 2.19. The van der Waals surface area contributed by atoms with E-state index in [4.69, 9.17) is 5.73 Å². The van der Waals surface area contributed by atoms with Crippen LogP contribution in [-0.4, -0.2) is 32.1 Å². The molecule has 6 heteroatoms. The fraction of sp³-hybridized carbons (Fsp3) is 0.571. The molecule has 13 heavy (non-hydrogen) atoms. The zero-order chi connectivity index (χ0) is 10.6. The van der Waals surface area contributed by atoms with Gasteiger partial charge in [-0.2, -0.15) is 0 Å². The number of hydrogen-bond acceptors (Lipinski definition) is 5. The predicted octanol–water partition coefficient (Wildman–Crippen LogP) is -1.18. The molecule has 0 aliphatic heterocycles. The molecule has 0 rings (SSSR count). The Morgan fingerprint density at radius 3 is 1.54 bits per heavy atom. The average molecular weight is 189 g/mol. The molecule has 0 bridgehead atoms. The third-order valence-electron chi connectivity index (χ3n) is 1.68. The fourth-order valence-corrected chi connectivity index (χ4v) is 0.693. The van der Waals surface area contributed by atoms with Gasteiger partial charge in [0, 0.05) is 0 Å². The van der Waals surface area contributed by atoms with Crippen LogP contribution in [0.3, 0.4) is 0 Å². The van der Waals surface area contributed by atoms with Crippen molar-refractivity contribution >= 4 is 17.8 Å². The molecule has 1 amide bonds. The first kappa shape index (κ1) is 11.4. The zero-order valence-corrected chi connectivity index (χ0v) is 7.62. The molecule has 0 aliphatic carbocycles. The van der Waals surface area contributed by atoms with Crippen LogP contribution in [-0.2, 0) is 23.9 Å². The third-order valence-corrected chi connectivity index (χ3v) is 1.68. The second-order valence-electron chi connectivity index (χ2n) is 2.47. The third kappa shape index (κ3) is 1.77. The summed E-state index contributed by atoms with van der Waals surface area (Å²) in [4.78, 5) is 32.9. The molecule has 2 N–H and O–H groups in total. The van der Waals surface area contributed by atoms with E-state index in [2.05, 4.69) is 9.47 Å². The van der Waals surface area contributed by atoms with Crippen LogP contribution >= 0.6 is 0 Å². The maximum atomic E-state index is 11.1. The maximum absolute atomic E-state index is 11.1. The minimum atomic E-state index is -2.07. The van der Waals surface area contributed by atoms with E-state index in [1.165, 1.54) is 0 Å². The quantitative estimate of drug-likeness (QED) is 0.445. The summed E-state index contributed by atoms with van der Waals surface area (Å²) in [5, 5.41) is 0. The van der Waals surface area contributed by atoms with Crippen LogP contribution in [0.5, 0.6) is 0 Å². The van der Waals surface area contributed by atoms with Crippen LogP contribution in [0.4, 0.5) is 0 Å². The van der Waals surface area contributed by atoms with Gasteiger partial charge in [-0.3, -0.25) is 14.4 Å². The largest absolute Gasteiger partial charge is 0.468 e. The molecule has 74 valence electrons. The highest BCUT2D eigenvalue weighted by atomic mass is 16.5. The monoisotopic (exact) mass is 189 g/mol. The number of esters is 2. The number of methoxy groups -OCH3 is 2. The van der Waals surface area contributed by atoms with E-state index in [0.717, 1.165) is 21.1 Å². The summed E-state index contributed by atoms with van der Waals surface area (Å²) in [6, 6.07) is 0. The van der Waals surface area contributed by atoms with Gasteiger partial charge < -0.3 is 15.2 Å². The predicted molar refractivity (Wildman–Crippen MR) is 41.3 cm³/mol. The lowest BCUT2D eigenvalue weighted by molar-refractivity contribution is -0.170. The Bertz CT molecular complexity index is 231. The zero-order valence-electron chi connectivity index (χ0n) is 7.62. The van der Waals surface area contributed by atoms with E-state index in [-0.39, 0.29) is 0 Å². The number of nitrogens with two attached hydrogens (primary N) is 1. The summed E-state index contributed by atoms with van der Waals surface area (Å²) in [5.41, 5.74) is 2.82. The Hall–Kier alpha value is -1.59. The first-order valence-electron chi connectivity index (χ1n) is 3.38. The van der Waals surface area contributed by atoms with E-state index in [0.29, 0.717) is 0 Å². The molecule has 0 aromatic heterocycles. The van der Waals surface area contributed by atoms with Crippen LogP contribution in [0.15, 0.2) is 0 Å². The number of rotatable bonds is 3. The van der Waals surface area contributed by atoms with E-state index in [1.807, 2.05) is 0 Å². The summed E-state index contributed by atoms with van der Waals surface area (Å²) >= 11 is 0. The van der Waals surface area contributed by atoms with Crippen LogP contribution < -0.4 is 5.73 Å². The second kappa shape index (κ2) is 3.88. The molecule has 0 spiro atoms. The second-order valence-corrected chi connectivity index (χ2v) is 2.47. The number of hydrogen-bond donors (Lipinski definition) is 1. The Morgan fingerprint density at radius 2 is 1.38 bits per heavy atom. The molecule has 0 heterocycles. The minimum absolute atomic E-state index is 1.04. The highest BCUT2D eigenvalue weighted by Gasteiger charge is 2.49. The molecule has 0 unspecified atom stereocenters. The summed E-state index contributed by atoms with van der Waals surface area (Å²) < 4.78 is 8.52. The van der Waals surface area contributed by atoms with Gasteiger partial charge in [0.1, 0.15) is 0 Å². The highest BCUT2D eigenvalue weighted by molar-refractivity contribution is 6.18. The number of carbonyl (C=O) groups excluding carboxylic acids is 3. The Kier molecular flexibility index (Phi) is 3.41. The normalized spacial score (nSPS) is 10.4. The summed E-state index contributed by atoms with van der Waals surface area (Å²) in [5.74, 6) is -3.18. The Labute approximate surface area is 75.0 Å². The lowest BCUT2D eigenvalue weighted by atomic mass is 9.90. The molecule has 0 aliphatic rings. The molecule has 0 saturated heterocycles. The van der Waals surface area contributed by atoms with Crippen LogP contribution in [0.1, 0.15) is 6.92 Å². The summed E-state index contributed by atoms with van der Waals surface area (Å²) in [6.07, 6.45) is 0. The van der Waals surface area contributed by atoms with E-state index in [1.54, 1.807) is 0 Å². The summed E-state index contributed by atoms with van der Waals surface area (Å²) in [7, 11) is 2.10. The number of ether oxygens (including phenoxy) is 2. The minimum Gasteiger partial charge on any atom is -0.468 e. The van der Waals surface area contributed by atoms with Gasteiger partial charge in [-0.1, -0.05) is 0 Å².